The van der Waals surface area contributed by atoms with Crippen LogP contribution >= 0.6 is 0 Å². The highest BCUT2D eigenvalue weighted by Gasteiger charge is 2.28. The second kappa shape index (κ2) is 5.47. The Morgan fingerprint density at radius 3 is 2.75 bits per heavy atom. The largest absolute Gasteiger partial charge is 0.329 e. The first-order chi connectivity index (χ1) is 9.42. The molecule has 108 valence electrons. The summed E-state index contributed by atoms with van der Waals surface area (Å²) in [4.78, 5) is 4.26. The van der Waals surface area contributed by atoms with Crippen molar-refractivity contribution in [1.29, 1.82) is 0 Å². The molecule has 1 aromatic carbocycles. The van der Waals surface area contributed by atoms with E-state index in [0.717, 1.165) is 5.39 Å². The van der Waals surface area contributed by atoms with Crippen molar-refractivity contribution in [2.75, 3.05) is 6.54 Å². The number of sulfonamides is 1. The van der Waals surface area contributed by atoms with E-state index in [-0.39, 0.29) is 11.4 Å². The number of nitrogens with one attached hydrogen (secondary N) is 1. The van der Waals surface area contributed by atoms with Crippen molar-refractivity contribution >= 4 is 20.8 Å². The van der Waals surface area contributed by atoms with Crippen LogP contribution in [0.1, 0.15) is 20.3 Å². The molecule has 0 amide bonds. The van der Waals surface area contributed by atoms with E-state index < -0.39 is 15.6 Å². The molecule has 0 radical (unpaired) electrons. The fourth-order valence-electron chi connectivity index (χ4n) is 1.96. The predicted octanol–water partition coefficient (Wildman–Crippen LogP) is 1.64. The summed E-state index contributed by atoms with van der Waals surface area (Å²) in [5, 5.41) is 1.45. The summed E-state index contributed by atoms with van der Waals surface area (Å²) in [7, 11) is -3.63. The fraction of sp³-hybridized carbons (Fsp3) is 0.357. The first-order valence-electron chi connectivity index (χ1n) is 6.49. The average molecular weight is 293 g/mol. The Labute approximate surface area is 119 Å². The van der Waals surface area contributed by atoms with E-state index >= 15 is 0 Å². The lowest BCUT2D eigenvalue weighted by atomic mass is 10.0. The van der Waals surface area contributed by atoms with Gasteiger partial charge >= 0.3 is 0 Å². The van der Waals surface area contributed by atoms with Gasteiger partial charge in [-0.05, 0) is 25.5 Å². The molecule has 1 atom stereocenters. The molecule has 0 aliphatic carbocycles. The van der Waals surface area contributed by atoms with Gasteiger partial charge in [-0.3, -0.25) is 4.98 Å². The van der Waals surface area contributed by atoms with Crippen molar-refractivity contribution in [3.8, 4) is 0 Å². The molecule has 0 fully saturated rings. The van der Waals surface area contributed by atoms with Gasteiger partial charge in [-0.25, -0.2) is 13.1 Å². The molecule has 1 heterocycles. The molecular weight excluding hydrogens is 274 g/mol. The molecule has 1 aromatic heterocycles. The van der Waals surface area contributed by atoms with Crippen molar-refractivity contribution < 1.29 is 8.42 Å². The molecule has 6 heteroatoms. The van der Waals surface area contributed by atoms with Gasteiger partial charge < -0.3 is 5.73 Å². The number of nitrogens with two attached hydrogens (primary N) is 1. The molecule has 0 bridgehead atoms. The minimum atomic E-state index is -3.63. The quantitative estimate of drug-likeness (QED) is 0.877. The zero-order chi connectivity index (χ0) is 14.8. The topological polar surface area (TPSA) is 85.1 Å². The Bertz CT molecular complexity index is 704. The van der Waals surface area contributed by atoms with Crippen molar-refractivity contribution in [3.63, 3.8) is 0 Å². The molecule has 2 aromatic rings. The van der Waals surface area contributed by atoms with Gasteiger partial charge in [0.1, 0.15) is 0 Å². The van der Waals surface area contributed by atoms with Crippen LogP contribution < -0.4 is 10.5 Å². The number of nitrogens with zero attached hydrogens (tertiary/aromatic N) is 1. The summed E-state index contributed by atoms with van der Waals surface area (Å²) >= 11 is 0. The first-order valence-corrected chi connectivity index (χ1v) is 7.97. The number of pyridine rings is 1. The molecule has 0 saturated carbocycles. The molecule has 0 aliphatic rings. The van der Waals surface area contributed by atoms with Gasteiger partial charge in [-0.15, -0.1) is 0 Å². The van der Waals surface area contributed by atoms with Crippen LogP contribution in [-0.4, -0.2) is 25.5 Å². The zero-order valence-corrected chi connectivity index (χ0v) is 12.4. The van der Waals surface area contributed by atoms with E-state index in [1.807, 2.05) is 13.0 Å². The van der Waals surface area contributed by atoms with E-state index in [4.69, 9.17) is 5.73 Å². The summed E-state index contributed by atoms with van der Waals surface area (Å²) in [6, 6.07) is 6.85. The van der Waals surface area contributed by atoms with Crippen LogP contribution in [0.2, 0.25) is 0 Å². The number of benzene rings is 1. The molecule has 1 unspecified atom stereocenters. The minimum absolute atomic E-state index is 0.245. The summed E-state index contributed by atoms with van der Waals surface area (Å²) in [6.07, 6.45) is 3.86. The summed E-state index contributed by atoms with van der Waals surface area (Å²) in [5.41, 5.74) is 5.03. The van der Waals surface area contributed by atoms with Crippen molar-refractivity contribution in [2.24, 2.45) is 5.73 Å². The fourth-order valence-corrected chi connectivity index (χ4v) is 3.68. The highest BCUT2D eigenvalue weighted by molar-refractivity contribution is 7.89. The molecule has 3 N–H and O–H groups in total. The van der Waals surface area contributed by atoms with Crippen LogP contribution in [0.15, 0.2) is 41.6 Å². The highest BCUT2D eigenvalue weighted by Crippen LogP contribution is 2.23. The van der Waals surface area contributed by atoms with Crippen LogP contribution in [0.5, 0.6) is 0 Å². The predicted molar refractivity (Wildman–Crippen MR) is 79.8 cm³/mol. The van der Waals surface area contributed by atoms with E-state index in [2.05, 4.69) is 9.71 Å². The molecule has 0 spiro atoms. The monoisotopic (exact) mass is 293 g/mol. The third-order valence-electron chi connectivity index (χ3n) is 3.54. The van der Waals surface area contributed by atoms with E-state index in [9.17, 15) is 8.42 Å². The summed E-state index contributed by atoms with van der Waals surface area (Å²) in [6.45, 7) is 3.95. The Hall–Kier alpha value is -1.50. The maximum atomic E-state index is 12.6. The maximum absolute atomic E-state index is 12.6. The lowest BCUT2D eigenvalue weighted by Crippen LogP contribution is -2.50. The van der Waals surface area contributed by atoms with Crippen LogP contribution in [0.25, 0.3) is 10.8 Å². The first kappa shape index (κ1) is 14.9. The molecule has 5 nitrogen and oxygen atoms in total. The normalized spacial score (nSPS) is 15.2. The van der Waals surface area contributed by atoms with E-state index in [0.29, 0.717) is 11.8 Å². The van der Waals surface area contributed by atoms with Gasteiger partial charge in [0.2, 0.25) is 10.0 Å². The lowest BCUT2D eigenvalue weighted by molar-refractivity contribution is 0.411. The number of fused-ring (bicyclic) bond motifs is 1. The lowest BCUT2D eigenvalue weighted by Gasteiger charge is -2.27. The Kier molecular flexibility index (Phi) is 4.08. The van der Waals surface area contributed by atoms with Crippen LogP contribution in [0.4, 0.5) is 0 Å². The third-order valence-corrected chi connectivity index (χ3v) is 5.24. The molecule has 0 aliphatic heterocycles. The standard InChI is InChI=1S/C14H19N3O2S/c1-3-14(2,10-15)17-20(18,19)13-6-4-5-11-9-16-8-7-12(11)13/h4-9,17H,3,10,15H2,1-2H3. The van der Waals surface area contributed by atoms with Crippen LogP contribution in [0, 0.1) is 0 Å². The van der Waals surface area contributed by atoms with Gasteiger partial charge in [0.05, 0.1) is 4.90 Å². The van der Waals surface area contributed by atoms with Crippen LogP contribution in [0.3, 0.4) is 0 Å². The number of hydrogen-bond donors (Lipinski definition) is 2. The maximum Gasteiger partial charge on any atom is 0.241 e. The Morgan fingerprint density at radius 1 is 1.35 bits per heavy atom. The molecule has 0 saturated heterocycles. The zero-order valence-electron chi connectivity index (χ0n) is 11.6. The summed E-state index contributed by atoms with van der Waals surface area (Å²) in [5.74, 6) is 0. The average Bonchev–Trinajstić information content (AvgIpc) is 2.46. The minimum Gasteiger partial charge on any atom is -0.329 e. The van der Waals surface area contributed by atoms with Gasteiger partial charge in [-0.2, -0.15) is 0 Å². The third kappa shape index (κ3) is 2.82. The molecule has 2 rings (SSSR count). The van der Waals surface area contributed by atoms with Crippen molar-refractivity contribution in [3.05, 3.63) is 36.7 Å². The van der Waals surface area contributed by atoms with Crippen molar-refractivity contribution in [1.82, 2.24) is 9.71 Å². The van der Waals surface area contributed by atoms with E-state index in [1.165, 1.54) is 0 Å². The Morgan fingerprint density at radius 2 is 2.10 bits per heavy atom. The smallest absolute Gasteiger partial charge is 0.241 e. The second-order valence-electron chi connectivity index (χ2n) is 5.08. The van der Waals surface area contributed by atoms with Crippen molar-refractivity contribution in [2.45, 2.75) is 30.7 Å². The second-order valence-corrected chi connectivity index (χ2v) is 6.73. The molecule has 20 heavy (non-hydrogen) atoms. The Balaban J connectivity index is 2.53. The van der Waals surface area contributed by atoms with Gasteiger partial charge in [0.25, 0.3) is 0 Å². The number of rotatable bonds is 5. The van der Waals surface area contributed by atoms with E-state index in [1.54, 1.807) is 37.5 Å². The SMILES string of the molecule is CCC(C)(CN)NS(=O)(=O)c1cccc2cnccc12. The molecular formula is C14H19N3O2S. The number of hydrogen-bond acceptors (Lipinski definition) is 4. The van der Waals surface area contributed by atoms with Gasteiger partial charge in [0.15, 0.2) is 0 Å². The summed E-state index contributed by atoms with van der Waals surface area (Å²) < 4.78 is 27.9. The number of aromatic nitrogens is 1. The highest BCUT2D eigenvalue weighted by atomic mass is 32.2. The van der Waals surface area contributed by atoms with Gasteiger partial charge in [-0.1, -0.05) is 19.1 Å². The van der Waals surface area contributed by atoms with Gasteiger partial charge in [0, 0.05) is 35.2 Å². The van der Waals surface area contributed by atoms with Crippen LogP contribution in [-0.2, 0) is 10.0 Å².